The second-order valence-corrected chi connectivity index (χ2v) is 6.91. The Morgan fingerprint density at radius 1 is 0.968 bits per heavy atom. The predicted octanol–water partition coefficient (Wildman–Crippen LogP) is 5.52. The minimum absolute atomic E-state index is 0.108. The van der Waals surface area contributed by atoms with Gasteiger partial charge in [0.15, 0.2) is 0 Å². The van der Waals surface area contributed by atoms with Crippen molar-refractivity contribution in [2.75, 3.05) is 12.4 Å². The van der Waals surface area contributed by atoms with Crippen molar-refractivity contribution in [1.29, 1.82) is 0 Å². The number of anilines is 1. The van der Waals surface area contributed by atoms with Crippen LogP contribution in [0.25, 0.3) is 10.8 Å². The fraction of sp³-hybridized carbons (Fsp3) is 0.125. The van der Waals surface area contributed by atoms with Crippen LogP contribution >= 0.6 is 0 Å². The standard InChI is InChI=1S/C24H20FN3O3/c1-15(16-3-5-18(6-4-16)24(29)30-2)28-22-21-17(11-13-26-22)12-14-27-23(21)31-20-9-7-19(25)8-10-20/h3-15H,1-2H3,(H,26,28)/t15-/m0/s1. The molecule has 0 amide bonds. The normalized spacial score (nSPS) is 11.7. The number of nitrogens with one attached hydrogen (secondary N) is 1. The lowest BCUT2D eigenvalue weighted by Gasteiger charge is -2.18. The van der Waals surface area contributed by atoms with Crippen LogP contribution in [0.3, 0.4) is 0 Å². The van der Waals surface area contributed by atoms with Crippen molar-refractivity contribution >= 4 is 22.6 Å². The number of carbonyl (C=O) groups excluding carboxylic acids is 1. The third kappa shape index (κ3) is 4.45. The predicted molar refractivity (Wildman–Crippen MR) is 116 cm³/mol. The largest absolute Gasteiger partial charge is 0.465 e. The number of carbonyl (C=O) groups is 1. The van der Waals surface area contributed by atoms with Crippen molar-refractivity contribution in [1.82, 2.24) is 9.97 Å². The fourth-order valence-electron chi connectivity index (χ4n) is 3.21. The smallest absolute Gasteiger partial charge is 0.337 e. The van der Waals surface area contributed by atoms with Gasteiger partial charge in [-0.3, -0.25) is 0 Å². The molecule has 0 aliphatic heterocycles. The van der Waals surface area contributed by atoms with Crippen molar-refractivity contribution in [3.05, 3.63) is 90.0 Å². The van der Waals surface area contributed by atoms with Crippen molar-refractivity contribution < 1.29 is 18.7 Å². The van der Waals surface area contributed by atoms with Gasteiger partial charge in [0.05, 0.1) is 18.1 Å². The number of nitrogens with zero attached hydrogens (tertiary/aromatic N) is 2. The Morgan fingerprint density at radius 3 is 2.32 bits per heavy atom. The van der Waals surface area contributed by atoms with E-state index in [2.05, 4.69) is 15.3 Å². The number of rotatable bonds is 6. The Bertz CT molecular complexity index is 1210. The van der Waals surface area contributed by atoms with E-state index >= 15 is 0 Å². The highest BCUT2D eigenvalue weighted by Gasteiger charge is 2.15. The molecule has 0 fully saturated rings. The molecule has 156 valence electrons. The summed E-state index contributed by atoms with van der Waals surface area (Å²) in [5, 5.41) is 5.01. The Kier molecular flexibility index (Phi) is 5.75. The van der Waals surface area contributed by atoms with Crippen molar-refractivity contribution in [2.45, 2.75) is 13.0 Å². The summed E-state index contributed by atoms with van der Waals surface area (Å²) in [6.07, 6.45) is 3.36. The first kappa shape index (κ1) is 20.3. The van der Waals surface area contributed by atoms with Gasteiger partial charge in [-0.15, -0.1) is 0 Å². The number of benzene rings is 2. The molecule has 31 heavy (non-hydrogen) atoms. The van der Waals surface area contributed by atoms with E-state index < -0.39 is 0 Å². The molecule has 2 heterocycles. The molecule has 6 nitrogen and oxygen atoms in total. The number of aromatic nitrogens is 2. The zero-order chi connectivity index (χ0) is 21.8. The van der Waals surface area contributed by atoms with E-state index in [0.29, 0.717) is 28.4 Å². The van der Waals surface area contributed by atoms with Crippen LogP contribution in [-0.2, 0) is 4.74 Å². The number of hydrogen-bond acceptors (Lipinski definition) is 6. The van der Waals surface area contributed by atoms with Gasteiger partial charge >= 0.3 is 5.97 Å². The van der Waals surface area contributed by atoms with Crippen LogP contribution in [0.1, 0.15) is 28.9 Å². The van der Waals surface area contributed by atoms with Crippen LogP contribution in [0.15, 0.2) is 73.1 Å². The van der Waals surface area contributed by atoms with Crippen LogP contribution in [0.2, 0.25) is 0 Å². The first-order valence-corrected chi connectivity index (χ1v) is 9.67. The minimum Gasteiger partial charge on any atom is -0.465 e. The number of halogens is 1. The molecule has 7 heteroatoms. The number of pyridine rings is 2. The highest BCUT2D eigenvalue weighted by Crippen LogP contribution is 2.33. The Labute approximate surface area is 178 Å². The van der Waals surface area contributed by atoms with Crippen molar-refractivity contribution in [2.24, 2.45) is 0 Å². The summed E-state index contributed by atoms with van der Waals surface area (Å²) in [5.74, 6) is 0.730. The molecule has 0 saturated carbocycles. The molecule has 0 aliphatic carbocycles. The van der Waals surface area contributed by atoms with Gasteiger partial charge in [-0.05, 0) is 66.4 Å². The van der Waals surface area contributed by atoms with Gasteiger partial charge in [-0.25, -0.2) is 19.2 Å². The molecule has 0 radical (unpaired) electrons. The molecule has 1 N–H and O–H groups in total. The van der Waals surface area contributed by atoms with E-state index in [-0.39, 0.29) is 17.8 Å². The first-order valence-electron chi connectivity index (χ1n) is 9.67. The molecule has 4 aromatic rings. The quantitative estimate of drug-likeness (QED) is 0.417. The average molecular weight is 417 g/mol. The van der Waals surface area contributed by atoms with Gasteiger partial charge in [-0.1, -0.05) is 12.1 Å². The maximum atomic E-state index is 13.2. The lowest BCUT2D eigenvalue weighted by molar-refractivity contribution is 0.0600. The Balaban J connectivity index is 1.64. The van der Waals surface area contributed by atoms with Crippen molar-refractivity contribution in [3.63, 3.8) is 0 Å². The van der Waals surface area contributed by atoms with Crippen molar-refractivity contribution in [3.8, 4) is 11.6 Å². The third-order valence-corrected chi connectivity index (χ3v) is 4.86. The first-order chi connectivity index (χ1) is 15.0. The summed E-state index contributed by atoms with van der Waals surface area (Å²) in [6.45, 7) is 1.99. The van der Waals surface area contributed by atoms with E-state index in [0.717, 1.165) is 10.9 Å². The molecule has 1 atom stereocenters. The van der Waals surface area contributed by atoms with E-state index in [1.165, 1.54) is 19.2 Å². The molecule has 2 aromatic carbocycles. The van der Waals surface area contributed by atoms with Gasteiger partial charge in [0.25, 0.3) is 0 Å². The minimum atomic E-state index is -0.378. The summed E-state index contributed by atoms with van der Waals surface area (Å²) in [5.41, 5.74) is 1.46. The maximum Gasteiger partial charge on any atom is 0.337 e. The highest BCUT2D eigenvalue weighted by atomic mass is 19.1. The number of ether oxygens (including phenoxy) is 2. The molecule has 0 bridgehead atoms. The number of fused-ring (bicyclic) bond motifs is 1. The lowest BCUT2D eigenvalue weighted by atomic mass is 10.1. The van der Waals surface area contributed by atoms with Gasteiger partial charge < -0.3 is 14.8 Å². The molecule has 0 unspecified atom stereocenters. The van der Waals surface area contributed by atoms with E-state index in [1.807, 2.05) is 31.2 Å². The molecule has 0 aliphatic rings. The van der Waals surface area contributed by atoms with Gasteiger partial charge in [0.1, 0.15) is 17.4 Å². The molecule has 2 aromatic heterocycles. The van der Waals surface area contributed by atoms with Crippen LogP contribution < -0.4 is 10.1 Å². The second-order valence-electron chi connectivity index (χ2n) is 6.91. The topological polar surface area (TPSA) is 73.3 Å². The number of esters is 1. The summed E-state index contributed by atoms with van der Waals surface area (Å²) in [4.78, 5) is 20.5. The lowest BCUT2D eigenvalue weighted by Crippen LogP contribution is -2.09. The summed E-state index contributed by atoms with van der Waals surface area (Å²) in [7, 11) is 1.35. The molecular weight excluding hydrogens is 397 g/mol. The number of hydrogen-bond donors (Lipinski definition) is 1. The Hall–Kier alpha value is -4.00. The maximum absolute atomic E-state index is 13.2. The van der Waals surface area contributed by atoms with Gasteiger partial charge in [-0.2, -0.15) is 0 Å². The Morgan fingerprint density at radius 2 is 1.65 bits per heavy atom. The van der Waals surface area contributed by atoms with Gasteiger partial charge in [0, 0.05) is 18.4 Å². The molecule has 0 saturated heterocycles. The molecule has 4 rings (SSSR count). The third-order valence-electron chi connectivity index (χ3n) is 4.86. The van der Waals surface area contributed by atoms with Crippen LogP contribution in [-0.4, -0.2) is 23.0 Å². The zero-order valence-corrected chi connectivity index (χ0v) is 17.0. The molecular formula is C24H20FN3O3. The highest BCUT2D eigenvalue weighted by molar-refractivity contribution is 5.96. The van der Waals surface area contributed by atoms with E-state index in [1.54, 1.807) is 36.7 Å². The second kappa shape index (κ2) is 8.79. The summed E-state index contributed by atoms with van der Waals surface area (Å²) in [6, 6.07) is 16.6. The van der Waals surface area contributed by atoms with E-state index in [9.17, 15) is 9.18 Å². The summed E-state index contributed by atoms with van der Waals surface area (Å²) >= 11 is 0. The van der Waals surface area contributed by atoms with E-state index in [4.69, 9.17) is 9.47 Å². The van der Waals surface area contributed by atoms with Crippen LogP contribution in [0.4, 0.5) is 10.2 Å². The molecule has 0 spiro atoms. The monoisotopic (exact) mass is 417 g/mol. The zero-order valence-electron chi connectivity index (χ0n) is 17.0. The van der Waals surface area contributed by atoms with Gasteiger partial charge in [0.2, 0.25) is 5.88 Å². The average Bonchev–Trinajstić information content (AvgIpc) is 2.80. The number of methoxy groups -OCH3 is 1. The summed E-state index contributed by atoms with van der Waals surface area (Å²) < 4.78 is 23.9. The van der Waals surface area contributed by atoms with Crippen LogP contribution in [0, 0.1) is 5.82 Å². The fourth-order valence-corrected chi connectivity index (χ4v) is 3.21. The SMILES string of the molecule is COC(=O)c1ccc([C@H](C)Nc2nccc3ccnc(Oc4ccc(F)cc4)c23)cc1. The van der Waals surface area contributed by atoms with Crippen LogP contribution in [0.5, 0.6) is 11.6 Å².